The number of anilines is 1. The van der Waals surface area contributed by atoms with E-state index in [2.05, 4.69) is 53.3 Å². The second-order valence-corrected chi connectivity index (χ2v) is 12.1. The number of nitrogens with one attached hydrogen (secondary N) is 1. The summed E-state index contributed by atoms with van der Waals surface area (Å²) in [5.74, 6) is 0.169. The first-order chi connectivity index (χ1) is 20.0. The minimum atomic E-state index is -4.61. The Morgan fingerprint density at radius 1 is 1.24 bits per heavy atom. The van der Waals surface area contributed by atoms with Gasteiger partial charge < -0.3 is 15.1 Å². The van der Waals surface area contributed by atoms with Crippen LogP contribution in [0.5, 0.6) is 0 Å². The summed E-state index contributed by atoms with van der Waals surface area (Å²) < 4.78 is 42.4. The first-order valence-corrected chi connectivity index (χ1v) is 15.6. The third-order valence-electron chi connectivity index (χ3n) is 9.36. The van der Waals surface area contributed by atoms with Gasteiger partial charge in [-0.1, -0.05) is 32.6 Å². The number of rotatable bonds is 13. The maximum absolute atomic E-state index is 14.0. The maximum atomic E-state index is 14.0. The van der Waals surface area contributed by atoms with Crippen molar-refractivity contribution < 1.29 is 13.2 Å². The van der Waals surface area contributed by atoms with E-state index in [1.54, 1.807) is 12.1 Å². The van der Waals surface area contributed by atoms with Crippen molar-refractivity contribution in [3.63, 3.8) is 0 Å². The lowest BCUT2D eigenvalue weighted by Crippen LogP contribution is -2.65. The molecule has 0 radical (unpaired) electrons. The summed E-state index contributed by atoms with van der Waals surface area (Å²) in [4.78, 5) is 17.1. The van der Waals surface area contributed by atoms with Gasteiger partial charge in [-0.25, -0.2) is 4.98 Å². The number of dihydropyridines is 1. The van der Waals surface area contributed by atoms with Gasteiger partial charge >= 0.3 is 6.18 Å². The fourth-order valence-electron chi connectivity index (χ4n) is 6.41. The van der Waals surface area contributed by atoms with Gasteiger partial charge in [0.2, 0.25) is 11.6 Å². The molecule has 0 bridgehead atoms. The van der Waals surface area contributed by atoms with Gasteiger partial charge in [0.25, 0.3) is 0 Å². The Morgan fingerprint density at radius 2 is 1.98 bits per heavy atom. The van der Waals surface area contributed by atoms with Crippen LogP contribution in [0.15, 0.2) is 47.6 Å². The molecule has 4 heterocycles. The van der Waals surface area contributed by atoms with Crippen molar-refractivity contribution in [1.82, 2.24) is 24.7 Å². The highest BCUT2D eigenvalue weighted by Crippen LogP contribution is 2.38. The van der Waals surface area contributed by atoms with E-state index in [0.717, 1.165) is 83.5 Å². The van der Waals surface area contributed by atoms with Crippen LogP contribution >= 0.6 is 0 Å². The van der Waals surface area contributed by atoms with Gasteiger partial charge in [-0.3, -0.25) is 9.48 Å². The summed E-state index contributed by atoms with van der Waals surface area (Å²) in [7, 11) is 2.02. The van der Waals surface area contributed by atoms with Gasteiger partial charge in [0, 0.05) is 69.1 Å². The first-order valence-electron chi connectivity index (χ1n) is 15.6. The molecule has 0 spiro atoms. The van der Waals surface area contributed by atoms with E-state index in [-0.39, 0.29) is 12.1 Å². The molecule has 1 aromatic rings. The molecule has 0 amide bonds. The molecule has 7 nitrogen and oxygen atoms in total. The minimum absolute atomic E-state index is 0.0154. The van der Waals surface area contributed by atoms with Gasteiger partial charge in [0.05, 0.1) is 26.2 Å². The molecule has 3 aliphatic rings. The number of alkyl halides is 3. The van der Waals surface area contributed by atoms with Crippen LogP contribution < -0.4 is 14.7 Å². The average molecular weight is 589 g/mol. The number of piperidine rings is 1. The Morgan fingerprint density at radius 3 is 2.60 bits per heavy atom. The predicted octanol–water partition coefficient (Wildman–Crippen LogP) is 5.99. The van der Waals surface area contributed by atoms with Gasteiger partial charge in [-0.2, -0.15) is 18.2 Å². The number of halogens is 3. The Bertz CT molecular complexity index is 1170. The summed E-state index contributed by atoms with van der Waals surface area (Å²) in [6.07, 6.45) is 5.58. The third kappa shape index (κ3) is 7.25. The molecule has 2 fully saturated rings. The molecule has 4 rings (SSSR count). The van der Waals surface area contributed by atoms with E-state index in [9.17, 15) is 13.2 Å². The topological polar surface area (TPSA) is 56.6 Å². The van der Waals surface area contributed by atoms with Crippen molar-refractivity contribution in [2.45, 2.75) is 77.6 Å². The molecule has 10 heteroatoms. The minimum Gasteiger partial charge on any atom is -0.371 e. The quantitative estimate of drug-likeness (QED) is 0.227. The van der Waals surface area contributed by atoms with Crippen LogP contribution in [0.25, 0.3) is 0 Å². The van der Waals surface area contributed by atoms with Crippen LogP contribution in [0.2, 0.25) is 0 Å². The molecule has 2 saturated heterocycles. The number of hydrogen-bond acceptors (Lipinski definition) is 6. The van der Waals surface area contributed by atoms with Crippen molar-refractivity contribution >= 4 is 17.3 Å². The van der Waals surface area contributed by atoms with E-state index in [0.29, 0.717) is 28.6 Å². The summed E-state index contributed by atoms with van der Waals surface area (Å²) in [6, 6.07) is 1.98. The second-order valence-electron chi connectivity index (χ2n) is 12.1. The summed E-state index contributed by atoms with van der Waals surface area (Å²) in [5.41, 5.74) is 3.51. The van der Waals surface area contributed by atoms with Crippen LogP contribution in [0.4, 0.5) is 24.8 Å². The Balaban J connectivity index is 1.45. The number of likely N-dealkylation sites (tertiary alicyclic amines) is 1. The van der Waals surface area contributed by atoms with E-state index in [1.165, 1.54) is 11.3 Å². The summed E-state index contributed by atoms with van der Waals surface area (Å²) in [5, 5.41) is 3.55. The molecular weight excluding hydrogens is 539 g/mol. The van der Waals surface area contributed by atoms with Crippen LogP contribution in [0.3, 0.4) is 0 Å². The zero-order valence-corrected chi connectivity index (χ0v) is 25.9. The molecule has 42 heavy (non-hydrogen) atoms. The molecule has 1 aromatic heterocycles. The summed E-state index contributed by atoms with van der Waals surface area (Å²) >= 11 is 0. The van der Waals surface area contributed by atoms with Crippen LogP contribution in [0, 0.1) is 5.92 Å². The maximum Gasteiger partial charge on any atom is 0.451 e. The van der Waals surface area contributed by atoms with Crippen molar-refractivity contribution in [2.24, 2.45) is 10.9 Å². The first kappa shape index (κ1) is 32.2. The Hall–Kier alpha value is -2.72. The number of aromatic nitrogens is 2. The molecule has 3 aliphatic heterocycles. The predicted molar refractivity (Wildman–Crippen MR) is 167 cm³/mol. The molecule has 232 valence electrons. The smallest absolute Gasteiger partial charge is 0.371 e. The van der Waals surface area contributed by atoms with E-state index in [4.69, 9.17) is 4.99 Å². The number of nitrogens with zero attached hydrogens (tertiary/aromatic N) is 6. The SMILES string of the molecule is C=CC(=C)N(CC)CCNC1CN(c2cc([N+]3(C)CCC(C4=CCCN=C4CCCC)CC3)nc(C(F)(F)F)n2)C1C. The normalized spacial score (nSPS) is 26.3. The molecule has 2 unspecified atom stereocenters. The average Bonchev–Trinajstić information content (AvgIpc) is 2.98. The highest BCUT2D eigenvalue weighted by Gasteiger charge is 2.43. The van der Waals surface area contributed by atoms with E-state index >= 15 is 0 Å². The standard InChI is InChI=1S/C32H49F3N7/c1-7-10-13-27-26(12-11-16-36-27)25-14-19-42(6,20-15-25)30-21-29(38-31(39-30)32(33,34)35)41-22-28(24(41)5)37-17-18-40(9-3)23(4)8-2/h8,12,21,24-25,28,37H,2,4,7,9-11,13-20,22H2,1,3,5-6H3/q+1. The van der Waals surface area contributed by atoms with Gasteiger partial charge in [0.15, 0.2) is 0 Å². The molecular formula is C32H49F3N7+. The van der Waals surface area contributed by atoms with E-state index in [1.807, 2.05) is 18.9 Å². The largest absolute Gasteiger partial charge is 0.451 e. The van der Waals surface area contributed by atoms with Crippen LogP contribution in [0.1, 0.15) is 65.1 Å². The Kier molecular flexibility index (Phi) is 10.5. The highest BCUT2D eigenvalue weighted by atomic mass is 19.4. The molecule has 0 saturated carbocycles. The lowest BCUT2D eigenvalue weighted by atomic mass is 9.83. The Labute approximate surface area is 249 Å². The van der Waals surface area contributed by atoms with Crippen molar-refractivity contribution in [3.05, 3.63) is 48.5 Å². The number of aliphatic imine (C=N–C) groups is 1. The van der Waals surface area contributed by atoms with Crippen molar-refractivity contribution in [2.75, 3.05) is 57.8 Å². The monoisotopic (exact) mass is 588 g/mol. The van der Waals surface area contributed by atoms with Gasteiger partial charge in [0.1, 0.15) is 5.82 Å². The van der Waals surface area contributed by atoms with Gasteiger partial charge in [-0.15, -0.1) is 0 Å². The third-order valence-corrected chi connectivity index (χ3v) is 9.36. The fraction of sp³-hybridized carbons (Fsp3) is 0.656. The number of unbranched alkanes of at least 4 members (excludes halogenated alkanes) is 1. The summed E-state index contributed by atoms with van der Waals surface area (Å²) in [6.45, 7) is 19.4. The number of allylic oxidation sites excluding steroid dienone is 2. The number of quaternary nitrogens is 1. The fourth-order valence-corrected chi connectivity index (χ4v) is 6.41. The number of hydrogen-bond donors (Lipinski definition) is 1. The van der Waals surface area contributed by atoms with Crippen LogP contribution in [-0.4, -0.2) is 85.5 Å². The lowest BCUT2D eigenvalue weighted by molar-refractivity contribution is -0.145. The van der Waals surface area contributed by atoms with Crippen molar-refractivity contribution in [3.8, 4) is 0 Å². The molecule has 0 aromatic carbocycles. The molecule has 1 N–H and O–H groups in total. The molecule has 0 aliphatic carbocycles. The zero-order chi connectivity index (χ0) is 30.5. The number of likely N-dealkylation sites (N-methyl/N-ethyl adjacent to an activating group) is 1. The second kappa shape index (κ2) is 13.7. The van der Waals surface area contributed by atoms with Crippen LogP contribution in [-0.2, 0) is 6.18 Å². The van der Waals surface area contributed by atoms with E-state index < -0.39 is 12.0 Å². The molecule has 2 atom stereocenters. The zero-order valence-electron chi connectivity index (χ0n) is 25.9. The lowest BCUT2D eigenvalue weighted by Gasteiger charge is -2.48. The van der Waals surface area contributed by atoms with Gasteiger partial charge in [-0.05, 0) is 50.7 Å². The van der Waals surface area contributed by atoms with Crippen molar-refractivity contribution in [1.29, 1.82) is 0 Å². The highest BCUT2D eigenvalue weighted by molar-refractivity contribution is 6.01.